The summed E-state index contributed by atoms with van der Waals surface area (Å²) in [4.78, 5) is 26.3. The van der Waals surface area contributed by atoms with Gasteiger partial charge in [0.15, 0.2) is 10.3 Å². The minimum Gasteiger partial charge on any atom is -0.255 e. The molecule has 0 saturated heterocycles. The van der Waals surface area contributed by atoms with Gasteiger partial charge in [-0.25, -0.2) is 19.9 Å². The highest BCUT2D eigenvalue weighted by Gasteiger charge is 2.08. The SMILES string of the molecule is c1ccc(-c2ccnc(SSc3nccc(-c4ccccn4)n3)n2)nc1. The number of aromatic nitrogens is 6. The van der Waals surface area contributed by atoms with Gasteiger partial charge >= 0.3 is 0 Å². The van der Waals surface area contributed by atoms with E-state index in [0.717, 1.165) is 22.8 Å². The van der Waals surface area contributed by atoms with E-state index in [9.17, 15) is 0 Å². The molecule has 0 radical (unpaired) electrons. The average molecular weight is 376 g/mol. The van der Waals surface area contributed by atoms with Gasteiger partial charge in [-0.1, -0.05) is 12.1 Å². The number of hydrogen-bond donors (Lipinski definition) is 0. The Bertz CT molecular complexity index is 915. The van der Waals surface area contributed by atoms with E-state index in [-0.39, 0.29) is 0 Å². The van der Waals surface area contributed by atoms with Crippen molar-refractivity contribution in [3.05, 3.63) is 73.3 Å². The summed E-state index contributed by atoms with van der Waals surface area (Å²) in [5, 5.41) is 1.26. The maximum absolute atomic E-state index is 4.54. The lowest BCUT2D eigenvalue weighted by molar-refractivity contribution is 0.967. The maximum Gasteiger partial charge on any atom is 0.199 e. The van der Waals surface area contributed by atoms with E-state index in [1.165, 1.54) is 21.6 Å². The van der Waals surface area contributed by atoms with Crippen LogP contribution in [0.5, 0.6) is 0 Å². The Kier molecular flexibility index (Phi) is 5.13. The summed E-state index contributed by atoms with van der Waals surface area (Å²) in [7, 11) is 2.82. The van der Waals surface area contributed by atoms with Crippen molar-refractivity contribution >= 4 is 21.6 Å². The molecule has 0 aliphatic heterocycles. The van der Waals surface area contributed by atoms with Crippen LogP contribution in [0.25, 0.3) is 22.8 Å². The van der Waals surface area contributed by atoms with Crippen LogP contribution in [-0.4, -0.2) is 29.9 Å². The van der Waals surface area contributed by atoms with Crippen LogP contribution in [0.2, 0.25) is 0 Å². The van der Waals surface area contributed by atoms with Gasteiger partial charge in [-0.15, -0.1) is 0 Å². The first-order chi connectivity index (χ1) is 12.9. The van der Waals surface area contributed by atoms with Crippen molar-refractivity contribution in [3.63, 3.8) is 0 Å². The van der Waals surface area contributed by atoms with Crippen molar-refractivity contribution in [1.82, 2.24) is 29.9 Å². The molecule has 4 aromatic rings. The van der Waals surface area contributed by atoms with Gasteiger partial charge in [0, 0.05) is 24.8 Å². The minimum atomic E-state index is 0.630. The Hall–Kier alpha value is -2.84. The number of pyridine rings is 2. The minimum absolute atomic E-state index is 0.630. The highest BCUT2D eigenvalue weighted by atomic mass is 33.1. The molecule has 4 rings (SSSR count). The molecule has 0 amide bonds. The third-order valence-electron chi connectivity index (χ3n) is 3.31. The summed E-state index contributed by atoms with van der Waals surface area (Å²) in [5.74, 6) is 0. The molecule has 6 nitrogen and oxygen atoms in total. The molecule has 4 heterocycles. The Balaban J connectivity index is 1.50. The second-order valence-electron chi connectivity index (χ2n) is 5.05. The molecule has 0 fully saturated rings. The van der Waals surface area contributed by atoms with Gasteiger partial charge in [-0.05, 0) is 58.0 Å². The molecule has 0 spiro atoms. The summed E-state index contributed by atoms with van der Waals surface area (Å²) in [6.45, 7) is 0. The first-order valence-electron chi connectivity index (χ1n) is 7.72. The molecular weight excluding hydrogens is 364 g/mol. The second-order valence-corrected chi connectivity index (χ2v) is 7.11. The lowest BCUT2D eigenvalue weighted by atomic mass is 10.3. The van der Waals surface area contributed by atoms with Gasteiger partial charge in [0.05, 0.1) is 22.8 Å². The van der Waals surface area contributed by atoms with Gasteiger partial charge in [0.1, 0.15) is 0 Å². The second kappa shape index (κ2) is 8.03. The predicted octanol–water partition coefficient (Wildman–Crippen LogP) is 4.19. The van der Waals surface area contributed by atoms with Crippen LogP contribution in [0.3, 0.4) is 0 Å². The van der Waals surface area contributed by atoms with Crippen LogP contribution < -0.4 is 0 Å². The van der Waals surface area contributed by atoms with Crippen LogP contribution in [0.1, 0.15) is 0 Å². The van der Waals surface area contributed by atoms with Gasteiger partial charge in [0.25, 0.3) is 0 Å². The van der Waals surface area contributed by atoms with Crippen LogP contribution in [0.15, 0.2) is 83.6 Å². The van der Waals surface area contributed by atoms with Crippen molar-refractivity contribution < 1.29 is 0 Å². The molecule has 126 valence electrons. The lowest BCUT2D eigenvalue weighted by Crippen LogP contribution is -1.92. The van der Waals surface area contributed by atoms with Crippen molar-refractivity contribution in [2.75, 3.05) is 0 Å². The zero-order valence-electron chi connectivity index (χ0n) is 13.4. The van der Waals surface area contributed by atoms with Crippen molar-refractivity contribution in [1.29, 1.82) is 0 Å². The molecule has 0 aromatic carbocycles. The fourth-order valence-electron chi connectivity index (χ4n) is 2.15. The topological polar surface area (TPSA) is 77.3 Å². The highest BCUT2D eigenvalue weighted by Crippen LogP contribution is 2.34. The summed E-state index contributed by atoms with van der Waals surface area (Å²) >= 11 is 0. The standard InChI is InChI=1S/C18H12N6S2/c1-3-9-19-13(5-1)15-7-11-21-17(23-15)25-26-18-22-12-8-16(24-18)14-6-2-4-10-20-14/h1-12H. The molecule has 0 bridgehead atoms. The van der Waals surface area contributed by atoms with Gasteiger partial charge in [-0.2, -0.15) is 0 Å². The number of nitrogens with zero attached hydrogens (tertiary/aromatic N) is 6. The average Bonchev–Trinajstić information content (AvgIpc) is 2.74. The Morgan fingerprint density at radius 2 is 0.962 bits per heavy atom. The zero-order valence-corrected chi connectivity index (χ0v) is 15.1. The maximum atomic E-state index is 4.54. The van der Waals surface area contributed by atoms with Crippen molar-refractivity contribution in [2.45, 2.75) is 10.3 Å². The van der Waals surface area contributed by atoms with Gasteiger partial charge in [0.2, 0.25) is 0 Å². The Morgan fingerprint density at radius 3 is 1.38 bits per heavy atom. The molecule has 8 heteroatoms. The molecule has 0 unspecified atom stereocenters. The quantitative estimate of drug-likeness (QED) is 0.379. The molecule has 0 aliphatic rings. The summed E-state index contributed by atoms with van der Waals surface area (Å²) in [6, 6.07) is 15.1. The smallest absolute Gasteiger partial charge is 0.199 e. The van der Waals surface area contributed by atoms with Crippen molar-refractivity contribution in [2.24, 2.45) is 0 Å². The van der Waals surface area contributed by atoms with Crippen molar-refractivity contribution in [3.8, 4) is 22.8 Å². The van der Waals surface area contributed by atoms with Crippen LogP contribution >= 0.6 is 21.6 Å². The monoisotopic (exact) mass is 376 g/mol. The van der Waals surface area contributed by atoms with Crippen LogP contribution in [0, 0.1) is 0 Å². The third kappa shape index (κ3) is 4.04. The summed E-state index contributed by atoms with van der Waals surface area (Å²) in [5.41, 5.74) is 3.20. The van der Waals surface area contributed by atoms with E-state index < -0.39 is 0 Å². The molecule has 4 aromatic heterocycles. The molecule has 0 N–H and O–H groups in total. The number of rotatable bonds is 5. The van der Waals surface area contributed by atoms with E-state index in [1.54, 1.807) is 24.8 Å². The van der Waals surface area contributed by atoms with E-state index in [4.69, 9.17) is 0 Å². The molecular formula is C18H12N6S2. The van der Waals surface area contributed by atoms with E-state index >= 15 is 0 Å². The van der Waals surface area contributed by atoms with Gasteiger partial charge < -0.3 is 0 Å². The van der Waals surface area contributed by atoms with E-state index in [2.05, 4.69) is 29.9 Å². The zero-order chi connectivity index (χ0) is 17.6. The molecule has 0 aliphatic carbocycles. The molecule has 26 heavy (non-hydrogen) atoms. The largest absolute Gasteiger partial charge is 0.255 e. The normalized spacial score (nSPS) is 10.6. The predicted molar refractivity (Wildman–Crippen MR) is 102 cm³/mol. The summed E-state index contributed by atoms with van der Waals surface area (Å²) in [6.07, 6.45) is 6.95. The van der Waals surface area contributed by atoms with Crippen LogP contribution in [-0.2, 0) is 0 Å². The first kappa shape index (κ1) is 16.6. The van der Waals surface area contributed by atoms with E-state index in [1.807, 2.05) is 48.5 Å². The van der Waals surface area contributed by atoms with Crippen LogP contribution in [0.4, 0.5) is 0 Å². The molecule has 0 atom stereocenters. The van der Waals surface area contributed by atoms with Gasteiger partial charge in [-0.3, -0.25) is 9.97 Å². The Morgan fingerprint density at radius 1 is 0.462 bits per heavy atom. The fraction of sp³-hybridized carbons (Fsp3) is 0. The number of hydrogen-bond acceptors (Lipinski definition) is 8. The molecule has 0 saturated carbocycles. The fourth-order valence-corrected chi connectivity index (χ4v) is 3.71. The first-order valence-corrected chi connectivity index (χ1v) is 9.87. The van der Waals surface area contributed by atoms with E-state index in [0.29, 0.717) is 10.3 Å². The third-order valence-corrected chi connectivity index (χ3v) is 5.23. The highest BCUT2D eigenvalue weighted by molar-refractivity contribution is 8.76. The Labute approximate surface area is 158 Å². The summed E-state index contributed by atoms with van der Waals surface area (Å²) < 4.78 is 0. The lowest BCUT2D eigenvalue weighted by Gasteiger charge is -2.03.